The molecule has 0 radical (unpaired) electrons. The second-order valence-electron chi connectivity index (χ2n) is 4.44. The molecule has 108 valence electrons. The number of carbonyl (C=O) groups is 2. The van der Waals surface area contributed by atoms with E-state index in [4.69, 9.17) is 5.11 Å². The van der Waals surface area contributed by atoms with Crippen molar-refractivity contribution in [1.29, 1.82) is 0 Å². The van der Waals surface area contributed by atoms with Crippen LogP contribution in [0.15, 0.2) is 25.6 Å². The molecule has 0 aliphatic carbocycles. The van der Waals surface area contributed by atoms with Gasteiger partial charge >= 0.3 is 12.0 Å². The third kappa shape index (κ3) is 3.53. The number of hydrogen-bond donors (Lipinski definition) is 2. The minimum absolute atomic E-state index is 0.243. The van der Waals surface area contributed by atoms with Crippen molar-refractivity contribution in [2.75, 3.05) is 18.4 Å². The molecular weight excluding hydrogens is 460 g/mol. The fourth-order valence-electron chi connectivity index (χ4n) is 1.99. The number of nitrogens with one attached hydrogen (secondary N) is 1. The molecule has 1 aliphatic heterocycles. The number of hydrogen-bond acceptors (Lipinski definition) is 2. The smallest absolute Gasteiger partial charge is 0.321 e. The molecule has 1 unspecified atom stereocenters. The maximum atomic E-state index is 12.1. The van der Waals surface area contributed by atoms with Crippen LogP contribution in [0.3, 0.4) is 0 Å². The molecule has 1 aromatic carbocycles. The lowest BCUT2D eigenvalue weighted by atomic mass is 10.1. The molecule has 0 bridgehead atoms. The largest absolute Gasteiger partial charge is 0.481 e. The first-order valence-electron chi connectivity index (χ1n) is 5.81. The summed E-state index contributed by atoms with van der Waals surface area (Å²) in [7, 11) is 0. The van der Waals surface area contributed by atoms with Gasteiger partial charge in [0.05, 0.1) is 11.6 Å². The second kappa shape index (κ2) is 6.44. The molecule has 1 atom stereocenters. The molecular formula is C12H11Br3N2O3. The number of carboxylic acid groups (broad SMARTS) is 1. The summed E-state index contributed by atoms with van der Waals surface area (Å²) in [6.07, 6.45) is 0.491. The number of halogens is 3. The number of likely N-dealkylation sites (tertiary alicyclic amines) is 1. The number of carbonyl (C=O) groups excluding carboxylic acids is 1. The second-order valence-corrected chi connectivity index (χ2v) is 7.07. The predicted molar refractivity (Wildman–Crippen MR) is 85.9 cm³/mol. The average molecular weight is 471 g/mol. The third-order valence-corrected chi connectivity index (χ3v) is 4.77. The van der Waals surface area contributed by atoms with Gasteiger partial charge in [0, 0.05) is 26.5 Å². The van der Waals surface area contributed by atoms with Gasteiger partial charge in [-0.15, -0.1) is 0 Å². The zero-order chi connectivity index (χ0) is 14.9. The number of nitrogens with zero attached hydrogens (tertiary/aromatic N) is 1. The van der Waals surface area contributed by atoms with Crippen LogP contribution < -0.4 is 5.32 Å². The Hall–Kier alpha value is -0.600. The van der Waals surface area contributed by atoms with Crippen molar-refractivity contribution in [3.05, 3.63) is 25.6 Å². The van der Waals surface area contributed by atoms with Crippen molar-refractivity contribution in [2.45, 2.75) is 6.42 Å². The Bertz CT molecular complexity index is 542. The van der Waals surface area contributed by atoms with Gasteiger partial charge in [0.2, 0.25) is 0 Å². The van der Waals surface area contributed by atoms with Crippen molar-refractivity contribution in [1.82, 2.24) is 4.90 Å². The first-order chi connectivity index (χ1) is 9.38. The fraction of sp³-hybridized carbons (Fsp3) is 0.333. The molecule has 1 aliphatic rings. The summed E-state index contributed by atoms with van der Waals surface area (Å²) in [6, 6.07) is 3.35. The summed E-state index contributed by atoms with van der Waals surface area (Å²) in [4.78, 5) is 24.5. The van der Waals surface area contributed by atoms with Crippen LogP contribution in [0.1, 0.15) is 6.42 Å². The van der Waals surface area contributed by atoms with Crippen LogP contribution in [0.2, 0.25) is 0 Å². The number of carboxylic acids is 1. The topological polar surface area (TPSA) is 69.6 Å². The van der Waals surface area contributed by atoms with Crippen molar-refractivity contribution in [2.24, 2.45) is 5.92 Å². The summed E-state index contributed by atoms with van der Waals surface area (Å²) in [5.41, 5.74) is 0.622. The van der Waals surface area contributed by atoms with Crippen LogP contribution in [0.4, 0.5) is 10.5 Å². The summed E-state index contributed by atoms with van der Waals surface area (Å²) in [5.74, 6) is -1.33. The van der Waals surface area contributed by atoms with E-state index >= 15 is 0 Å². The lowest BCUT2D eigenvalue weighted by Gasteiger charge is -2.18. The van der Waals surface area contributed by atoms with E-state index in [0.29, 0.717) is 18.7 Å². The van der Waals surface area contributed by atoms with Gasteiger partial charge in [-0.1, -0.05) is 15.9 Å². The Kier molecular flexibility index (Phi) is 5.09. The Balaban J connectivity index is 2.08. The van der Waals surface area contributed by atoms with Crippen LogP contribution in [-0.2, 0) is 4.79 Å². The highest BCUT2D eigenvalue weighted by Crippen LogP contribution is 2.34. The molecule has 20 heavy (non-hydrogen) atoms. The normalized spacial score (nSPS) is 18.1. The zero-order valence-corrected chi connectivity index (χ0v) is 15.0. The maximum absolute atomic E-state index is 12.1. The Morgan fingerprint density at radius 2 is 1.85 bits per heavy atom. The summed E-state index contributed by atoms with van der Waals surface area (Å²) in [6.45, 7) is 0.696. The van der Waals surface area contributed by atoms with Crippen LogP contribution in [0.25, 0.3) is 0 Å². The zero-order valence-electron chi connectivity index (χ0n) is 10.2. The van der Waals surface area contributed by atoms with E-state index in [2.05, 4.69) is 53.1 Å². The van der Waals surface area contributed by atoms with Gasteiger partial charge in [-0.3, -0.25) is 4.79 Å². The van der Waals surface area contributed by atoms with Crippen molar-refractivity contribution in [3.8, 4) is 0 Å². The molecule has 1 fully saturated rings. The molecule has 1 heterocycles. The standard InChI is InChI=1S/C12H11Br3N2O3/c13-7-3-8(14)10(9(15)4-7)16-12(20)17-2-1-6(5-17)11(18)19/h3-4,6H,1-2,5H2,(H,16,20)(H,18,19). The quantitative estimate of drug-likeness (QED) is 0.688. The van der Waals surface area contributed by atoms with E-state index in [0.717, 1.165) is 13.4 Å². The Morgan fingerprint density at radius 1 is 1.25 bits per heavy atom. The lowest BCUT2D eigenvalue weighted by Crippen LogP contribution is -2.34. The highest BCUT2D eigenvalue weighted by molar-refractivity contribution is 9.11. The van der Waals surface area contributed by atoms with E-state index < -0.39 is 11.9 Å². The van der Waals surface area contributed by atoms with Gasteiger partial charge in [0.25, 0.3) is 0 Å². The first-order valence-corrected chi connectivity index (χ1v) is 8.19. The van der Waals surface area contributed by atoms with Gasteiger partial charge in [0.1, 0.15) is 0 Å². The average Bonchev–Trinajstić information content (AvgIpc) is 2.83. The van der Waals surface area contributed by atoms with Gasteiger partial charge < -0.3 is 15.3 Å². The molecule has 8 heteroatoms. The number of amides is 2. The number of rotatable bonds is 2. The molecule has 1 saturated heterocycles. The van der Waals surface area contributed by atoms with E-state index in [1.807, 2.05) is 12.1 Å². The van der Waals surface area contributed by atoms with Gasteiger partial charge in [-0.25, -0.2) is 4.79 Å². The molecule has 1 aromatic rings. The predicted octanol–water partition coefficient (Wildman–Crippen LogP) is 3.91. The number of anilines is 1. The molecule has 2 rings (SSSR count). The lowest BCUT2D eigenvalue weighted by molar-refractivity contribution is -0.141. The number of aliphatic carboxylic acids is 1. The van der Waals surface area contributed by atoms with E-state index in [-0.39, 0.29) is 12.6 Å². The Labute approximate surface area is 141 Å². The SMILES string of the molecule is O=C(O)C1CCN(C(=O)Nc2c(Br)cc(Br)cc2Br)C1. The maximum Gasteiger partial charge on any atom is 0.321 e. The third-order valence-electron chi connectivity index (χ3n) is 3.06. The van der Waals surface area contributed by atoms with Gasteiger partial charge in [-0.2, -0.15) is 0 Å². The summed E-state index contributed by atoms with van der Waals surface area (Å²) in [5, 5.41) is 11.7. The minimum atomic E-state index is -0.855. The van der Waals surface area contributed by atoms with Crippen LogP contribution in [0, 0.1) is 5.92 Å². The monoisotopic (exact) mass is 468 g/mol. The summed E-state index contributed by atoms with van der Waals surface area (Å²) < 4.78 is 2.35. The van der Waals surface area contributed by atoms with Gasteiger partial charge in [0.15, 0.2) is 0 Å². The summed E-state index contributed by atoms with van der Waals surface area (Å²) >= 11 is 10.1. The van der Waals surface area contributed by atoms with Crippen molar-refractivity contribution >= 4 is 65.5 Å². The number of urea groups is 1. The van der Waals surface area contributed by atoms with Crippen LogP contribution in [-0.4, -0.2) is 35.1 Å². The fourth-order valence-corrected chi connectivity index (χ4v) is 4.45. The minimum Gasteiger partial charge on any atom is -0.481 e. The van der Waals surface area contributed by atoms with Crippen LogP contribution in [0.5, 0.6) is 0 Å². The van der Waals surface area contributed by atoms with Crippen LogP contribution >= 0.6 is 47.8 Å². The van der Waals surface area contributed by atoms with Crippen molar-refractivity contribution < 1.29 is 14.7 Å². The molecule has 0 spiro atoms. The molecule has 5 nitrogen and oxygen atoms in total. The van der Waals surface area contributed by atoms with E-state index in [9.17, 15) is 9.59 Å². The van der Waals surface area contributed by atoms with E-state index in [1.54, 1.807) is 0 Å². The van der Waals surface area contributed by atoms with Crippen molar-refractivity contribution in [3.63, 3.8) is 0 Å². The highest BCUT2D eigenvalue weighted by Gasteiger charge is 2.31. The molecule has 2 N–H and O–H groups in total. The number of benzene rings is 1. The van der Waals surface area contributed by atoms with Gasteiger partial charge in [-0.05, 0) is 50.4 Å². The highest BCUT2D eigenvalue weighted by atomic mass is 79.9. The Morgan fingerprint density at radius 3 is 2.35 bits per heavy atom. The molecule has 0 saturated carbocycles. The van der Waals surface area contributed by atoms with E-state index in [1.165, 1.54) is 4.90 Å². The molecule has 2 amide bonds. The molecule has 0 aromatic heterocycles. The first kappa shape index (κ1) is 15.8.